The van der Waals surface area contributed by atoms with E-state index in [-0.39, 0.29) is 11.2 Å². The molecule has 0 unspecified atom stereocenters. The van der Waals surface area contributed by atoms with Crippen LogP contribution >= 0.6 is 20.1 Å². The summed E-state index contributed by atoms with van der Waals surface area (Å²) in [5.74, 6) is -0.433. The van der Waals surface area contributed by atoms with Crippen LogP contribution in [0.15, 0.2) is 41.4 Å². The van der Waals surface area contributed by atoms with Gasteiger partial charge in [-0.25, -0.2) is 9.37 Å². The molecule has 4 rings (SSSR count). The van der Waals surface area contributed by atoms with Crippen molar-refractivity contribution in [3.05, 3.63) is 47.9 Å². The molecule has 3 aromatic rings. The van der Waals surface area contributed by atoms with Crippen LogP contribution in [0.1, 0.15) is 24.8 Å². The SMILES string of the molecule is OP(O)CSc1c[nH]c2cc(F)c(-c3ccc(C4(O)CCC4)cc3)nc12. The number of H-pyrrole nitrogens is 1. The second kappa shape index (κ2) is 6.91. The highest BCUT2D eigenvalue weighted by atomic mass is 32.2. The molecule has 4 N–H and O–H groups in total. The Kier molecular flexibility index (Phi) is 4.75. The summed E-state index contributed by atoms with van der Waals surface area (Å²) in [6, 6.07) is 8.62. The third-order valence-corrected chi connectivity index (χ3v) is 6.84. The molecule has 1 aliphatic carbocycles. The van der Waals surface area contributed by atoms with Crippen LogP contribution in [0, 0.1) is 5.82 Å². The number of fused-ring (bicyclic) bond motifs is 1. The number of aromatic nitrogens is 2. The Bertz CT molecular complexity index is 942. The predicted octanol–water partition coefficient (Wildman–Crippen LogP) is 4.09. The number of benzene rings is 1. The van der Waals surface area contributed by atoms with E-state index in [0.717, 1.165) is 29.7 Å². The van der Waals surface area contributed by atoms with Gasteiger partial charge in [-0.2, -0.15) is 0 Å². The number of rotatable bonds is 5. The van der Waals surface area contributed by atoms with Crippen LogP contribution in [-0.4, -0.2) is 30.4 Å². The lowest BCUT2D eigenvalue weighted by Gasteiger charge is -2.37. The Balaban J connectivity index is 1.69. The molecule has 1 aliphatic rings. The Morgan fingerprint density at radius 2 is 1.96 bits per heavy atom. The van der Waals surface area contributed by atoms with Crippen LogP contribution in [0.2, 0.25) is 0 Å². The minimum atomic E-state index is -2.01. The Morgan fingerprint density at radius 3 is 2.58 bits per heavy atom. The highest BCUT2D eigenvalue weighted by Gasteiger charge is 2.36. The Morgan fingerprint density at radius 1 is 1.23 bits per heavy atom. The molecule has 2 aromatic heterocycles. The van der Waals surface area contributed by atoms with Gasteiger partial charge < -0.3 is 19.9 Å². The van der Waals surface area contributed by atoms with Crippen molar-refractivity contribution in [3.63, 3.8) is 0 Å². The molecule has 26 heavy (non-hydrogen) atoms. The van der Waals surface area contributed by atoms with Crippen molar-refractivity contribution >= 4 is 31.2 Å². The number of aromatic amines is 1. The molecule has 136 valence electrons. The first kappa shape index (κ1) is 17.9. The lowest BCUT2D eigenvalue weighted by atomic mass is 9.75. The van der Waals surface area contributed by atoms with Crippen molar-refractivity contribution in [2.45, 2.75) is 29.8 Å². The summed E-state index contributed by atoms with van der Waals surface area (Å²) in [4.78, 5) is 26.4. The highest BCUT2D eigenvalue weighted by Crippen LogP contribution is 2.42. The van der Waals surface area contributed by atoms with Crippen LogP contribution in [0.5, 0.6) is 0 Å². The number of hydrogen-bond acceptors (Lipinski definition) is 5. The van der Waals surface area contributed by atoms with E-state index < -0.39 is 19.8 Å². The van der Waals surface area contributed by atoms with Gasteiger partial charge in [-0.05, 0) is 24.8 Å². The van der Waals surface area contributed by atoms with Gasteiger partial charge >= 0.3 is 0 Å². The van der Waals surface area contributed by atoms with Gasteiger partial charge in [0.2, 0.25) is 0 Å². The molecule has 2 heterocycles. The fourth-order valence-corrected chi connectivity index (χ4v) is 4.63. The average molecular weight is 392 g/mol. The molecule has 8 heteroatoms. The smallest absolute Gasteiger partial charge is 0.175 e. The van der Waals surface area contributed by atoms with E-state index in [1.807, 2.05) is 12.1 Å². The molecule has 1 fully saturated rings. The third kappa shape index (κ3) is 3.26. The van der Waals surface area contributed by atoms with Gasteiger partial charge in [-0.1, -0.05) is 24.3 Å². The predicted molar refractivity (Wildman–Crippen MR) is 101 cm³/mol. The fraction of sp³-hybridized carbons (Fsp3) is 0.278. The Labute approximate surface area is 155 Å². The van der Waals surface area contributed by atoms with Crippen molar-refractivity contribution in [1.29, 1.82) is 0 Å². The number of pyridine rings is 1. The van der Waals surface area contributed by atoms with Gasteiger partial charge in [0, 0.05) is 17.8 Å². The van der Waals surface area contributed by atoms with Crippen molar-refractivity contribution in [2.75, 3.05) is 5.49 Å². The van der Waals surface area contributed by atoms with Crippen molar-refractivity contribution in [2.24, 2.45) is 0 Å². The normalized spacial score (nSPS) is 16.2. The maximum absolute atomic E-state index is 14.5. The fourth-order valence-electron chi connectivity index (χ4n) is 3.18. The molecule has 1 saturated carbocycles. The molecule has 0 atom stereocenters. The first-order chi connectivity index (χ1) is 12.5. The molecular weight excluding hydrogens is 374 g/mol. The number of aliphatic hydroxyl groups is 1. The summed E-state index contributed by atoms with van der Waals surface area (Å²) in [6.45, 7) is 0. The van der Waals surface area contributed by atoms with E-state index in [0.29, 0.717) is 16.6 Å². The summed E-state index contributed by atoms with van der Waals surface area (Å²) in [7, 11) is -2.01. The summed E-state index contributed by atoms with van der Waals surface area (Å²) in [6.07, 6.45) is 4.22. The van der Waals surface area contributed by atoms with Crippen LogP contribution < -0.4 is 0 Å². The largest absolute Gasteiger partial charge is 0.385 e. The molecule has 0 amide bonds. The van der Waals surface area contributed by atoms with E-state index in [2.05, 4.69) is 9.97 Å². The zero-order valence-corrected chi connectivity index (χ0v) is 15.5. The van der Waals surface area contributed by atoms with Gasteiger partial charge in [-0.15, -0.1) is 11.8 Å². The first-order valence-corrected chi connectivity index (χ1v) is 10.7. The number of halogens is 1. The minimum Gasteiger partial charge on any atom is -0.385 e. The summed E-state index contributed by atoms with van der Waals surface area (Å²) in [5, 5.41) is 10.4. The van der Waals surface area contributed by atoms with Crippen molar-refractivity contribution < 1.29 is 19.3 Å². The van der Waals surface area contributed by atoms with Crippen LogP contribution in [0.4, 0.5) is 4.39 Å². The van der Waals surface area contributed by atoms with Crippen molar-refractivity contribution in [3.8, 4) is 11.3 Å². The lowest BCUT2D eigenvalue weighted by Crippen LogP contribution is -2.33. The zero-order valence-electron chi connectivity index (χ0n) is 13.8. The zero-order chi connectivity index (χ0) is 18.3. The van der Waals surface area contributed by atoms with E-state index in [1.165, 1.54) is 17.8 Å². The number of nitrogens with one attached hydrogen (secondary N) is 1. The standard InChI is InChI=1S/C18H18FN2O3PS/c19-13-8-14-17(15(9-20-14)26-10-25(23)24)21-16(13)11-2-4-12(5-3-11)18(22)6-1-7-18/h2-5,8-9,20,22-24H,1,6-7,10H2. The monoisotopic (exact) mass is 392 g/mol. The van der Waals surface area contributed by atoms with Crippen LogP contribution in [0.3, 0.4) is 0 Å². The number of hydrogen-bond donors (Lipinski definition) is 4. The van der Waals surface area contributed by atoms with Gasteiger partial charge in [0.15, 0.2) is 14.2 Å². The summed E-state index contributed by atoms with van der Waals surface area (Å²) in [5.41, 5.74) is 2.32. The maximum atomic E-state index is 14.5. The van der Waals surface area contributed by atoms with E-state index in [4.69, 9.17) is 9.79 Å². The number of thioether (sulfide) groups is 1. The van der Waals surface area contributed by atoms with Crippen LogP contribution in [0.25, 0.3) is 22.3 Å². The van der Waals surface area contributed by atoms with Gasteiger partial charge in [0.05, 0.1) is 21.5 Å². The molecule has 0 spiro atoms. The second-order valence-corrected chi connectivity index (χ2v) is 8.98. The summed E-state index contributed by atoms with van der Waals surface area (Å²) < 4.78 is 14.5. The highest BCUT2D eigenvalue weighted by molar-refractivity contribution is 8.04. The molecular formula is C18H18FN2O3PS. The molecule has 5 nitrogen and oxygen atoms in total. The molecule has 0 radical (unpaired) electrons. The molecule has 0 bridgehead atoms. The Hall–Kier alpha value is -1.50. The summed E-state index contributed by atoms with van der Waals surface area (Å²) >= 11 is 1.27. The number of nitrogens with zero attached hydrogens (tertiary/aromatic N) is 1. The lowest BCUT2D eigenvalue weighted by molar-refractivity contribution is -0.0387. The molecule has 0 saturated heterocycles. The maximum Gasteiger partial charge on any atom is 0.175 e. The van der Waals surface area contributed by atoms with E-state index >= 15 is 0 Å². The molecule has 1 aromatic carbocycles. The van der Waals surface area contributed by atoms with E-state index in [1.54, 1.807) is 18.3 Å². The van der Waals surface area contributed by atoms with Crippen molar-refractivity contribution in [1.82, 2.24) is 9.97 Å². The quantitative estimate of drug-likeness (QED) is 0.388. The second-order valence-electron chi connectivity index (χ2n) is 6.48. The topological polar surface area (TPSA) is 89.4 Å². The van der Waals surface area contributed by atoms with E-state index in [9.17, 15) is 9.50 Å². The van der Waals surface area contributed by atoms with Crippen LogP contribution in [-0.2, 0) is 5.60 Å². The third-order valence-electron chi connectivity index (χ3n) is 4.78. The first-order valence-electron chi connectivity index (χ1n) is 8.25. The molecule has 0 aliphatic heterocycles. The van der Waals surface area contributed by atoms with Gasteiger partial charge in [0.1, 0.15) is 11.2 Å². The minimum absolute atomic E-state index is 0.171. The van der Waals surface area contributed by atoms with Gasteiger partial charge in [0.25, 0.3) is 0 Å². The average Bonchev–Trinajstić information content (AvgIpc) is 2.99. The van der Waals surface area contributed by atoms with Gasteiger partial charge in [-0.3, -0.25) is 0 Å².